The molecule has 0 spiro atoms. The van der Waals surface area contributed by atoms with Gasteiger partial charge in [-0.1, -0.05) is 20.8 Å². The van der Waals surface area contributed by atoms with Crippen LogP contribution in [0.15, 0.2) is 10.9 Å². The van der Waals surface area contributed by atoms with Crippen molar-refractivity contribution in [2.75, 3.05) is 6.61 Å². The Bertz CT molecular complexity index is 443. The minimum atomic E-state index is -0.570. The van der Waals surface area contributed by atoms with Crippen molar-refractivity contribution < 1.29 is 9.53 Å². The van der Waals surface area contributed by atoms with Crippen molar-refractivity contribution in [1.82, 2.24) is 9.97 Å². The van der Waals surface area contributed by atoms with E-state index in [1.54, 1.807) is 13.0 Å². The molecule has 0 atom stereocenters. The van der Waals surface area contributed by atoms with E-state index in [-0.39, 0.29) is 17.7 Å². The molecular weight excluding hydrogens is 208 g/mol. The smallest absolute Gasteiger partial charge is 0.357 e. The molecule has 0 fully saturated rings. The van der Waals surface area contributed by atoms with Gasteiger partial charge in [-0.2, -0.15) is 4.98 Å². The molecule has 0 radical (unpaired) electrons. The summed E-state index contributed by atoms with van der Waals surface area (Å²) in [6, 6.07) is 1.55. The Labute approximate surface area is 93.9 Å². The number of carbonyl (C=O) groups is 1. The molecule has 0 aliphatic carbocycles. The highest BCUT2D eigenvalue weighted by atomic mass is 16.5. The molecule has 5 heteroatoms. The first-order chi connectivity index (χ1) is 7.34. The van der Waals surface area contributed by atoms with Crippen LogP contribution in [0, 0.1) is 0 Å². The number of hydrogen-bond acceptors (Lipinski definition) is 4. The summed E-state index contributed by atoms with van der Waals surface area (Å²) in [6.07, 6.45) is 0. The Morgan fingerprint density at radius 3 is 2.62 bits per heavy atom. The zero-order chi connectivity index (χ0) is 12.3. The summed E-state index contributed by atoms with van der Waals surface area (Å²) in [7, 11) is 0. The maximum atomic E-state index is 11.4. The van der Waals surface area contributed by atoms with Crippen LogP contribution in [0.4, 0.5) is 0 Å². The largest absolute Gasteiger partial charge is 0.461 e. The lowest BCUT2D eigenvalue weighted by atomic mass is 9.91. The van der Waals surface area contributed by atoms with Crippen LogP contribution in [-0.2, 0) is 10.2 Å². The van der Waals surface area contributed by atoms with Crippen LogP contribution >= 0.6 is 0 Å². The number of hydrogen-bond donors (Lipinski definition) is 1. The lowest BCUT2D eigenvalue weighted by molar-refractivity contribution is 0.0518. The normalized spacial score (nSPS) is 11.2. The lowest BCUT2D eigenvalue weighted by Gasteiger charge is -2.18. The number of rotatable bonds is 2. The van der Waals surface area contributed by atoms with Gasteiger partial charge in [0.1, 0.15) is 0 Å². The van der Waals surface area contributed by atoms with Gasteiger partial charge in [-0.3, -0.25) is 0 Å². The zero-order valence-electron chi connectivity index (χ0n) is 9.96. The highest BCUT2D eigenvalue weighted by Crippen LogP contribution is 2.18. The van der Waals surface area contributed by atoms with Crippen LogP contribution in [0.3, 0.4) is 0 Å². The summed E-state index contributed by atoms with van der Waals surface area (Å²) < 4.78 is 4.80. The van der Waals surface area contributed by atoms with Crippen molar-refractivity contribution >= 4 is 5.97 Å². The van der Waals surface area contributed by atoms with E-state index in [0.717, 1.165) is 0 Å². The molecule has 1 heterocycles. The van der Waals surface area contributed by atoms with Gasteiger partial charge in [-0.25, -0.2) is 9.59 Å². The quantitative estimate of drug-likeness (QED) is 0.767. The second-order valence-electron chi connectivity index (χ2n) is 4.46. The van der Waals surface area contributed by atoms with Gasteiger partial charge in [-0.15, -0.1) is 0 Å². The average Bonchev–Trinajstić information content (AvgIpc) is 2.16. The van der Waals surface area contributed by atoms with E-state index in [9.17, 15) is 9.59 Å². The fraction of sp³-hybridized carbons (Fsp3) is 0.545. The molecule has 0 aliphatic rings. The molecule has 0 bridgehead atoms. The molecule has 0 aromatic carbocycles. The maximum Gasteiger partial charge on any atom is 0.357 e. The van der Waals surface area contributed by atoms with Crippen LogP contribution in [0.1, 0.15) is 43.9 Å². The lowest BCUT2D eigenvalue weighted by Crippen LogP contribution is -2.24. The molecule has 0 unspecified atom stereocenters. The van der Waals surface area contributed by atoms with Gasteiger partial charge in [-0.05, 0) is 13.0 Å². The third-order valence-electron chi connectivity index (χ3n) is 2.04. The summed E-state index contributed by atoms with van der Waals surface area (Å²) in [5, 5.41) is 0. The number of carbonyl (C=O) groups excluding carboxylic acids is 1. The third-order valence-corrected chi connectivity index (χ3v) is 2.04. The molecule has 0 aliphatic heterocycles. The first-order valence-corrected chi connectivity index (χ1v) is 5.13. The molecule has 1 aromatic rings. The monoisotopic (exact) mass is 224 g/mol. The first-order valence-electron chi connectivity index (χ1n) is 5.13. The summed E-state index contributed by atoms with van der Waals surface area (Å²) >= 11 is 0. The number of esters is 1. The molecule has 16 heavy (non-hydrogen) atoms. The van der Waals surface area contributed by atoms with Crippen LogP contribution in [0.5, 0.6) is 0 Å². The van der Waals surface area contributed by atoms with E-state index in [2.05, 4.69) is 9.97 Å². The van der Waals surface area contributed by atoms with Crippen molar-refractivity contribution in [1.29, 1.82) is 0 Å². The second kappa shape index (κ2) is 4.47. The highest BCUT2D eigenvalue weighted by molar-refractivity contribution is 5.87. The Morgan fingerprint density at radius 2 is 2.12 bits per heavy atom. The van der Waals surface area contributed by atoms with Crippen LogP contribution in [-0.4, -0.2) is 22.5 Å². The van der Waals surface area contributed by atoms with Gasteiger partial charge in [0.05, 0.1) is 6.61 Å². The van der Waals surface area contributed by atoms with E-state index < -0.39 is 11.7 Å². The molecule has 1 N–H and O–H groups in total. The van der Waals surface area contributed by atoms with Crippen LogP contribution in [0.2, 0.25) is 0 Å². The average molecular weight is 224 g/mol. The Hall–Kier alpha value is -1.65. The fourth-order valence-electron chi connectivity index (χ4n) is 1.17. The Balaban J connectivity index is 3.18. The number of ether oxygens (including phenoxy) is 1. The number of nitrogens with one attached hydrogen (secondary N) is 1. The van der Waals surface area contributed by atoms with E-state index in [1.807, 2.05) is 20.8 Å². The molecule has 1 rings (SSSR count). The molecule has 1 aromatic heterocycles. The first kappa shape index (κ1) is 12.4. The van der Waals surface area contributed by atoms with Crippen molar-refractivity contribution in [2.45, 2.75) is 33.1 Å². The highest BCUT2D eigenvalue weighted by Gasteiger charge is 2.19. The van der Waals surface area contributed by atoms with E-state index >= 15 is 0 Å². The van der Waals surface area contributed by atoms with Gasteiger partial charge >= 0.3 is 11.7 Å². The third kappa shape index (κ3) is 2.92. The molecular formula is C11H16N2O3. The standard InChI is InChI=1S/C11H16N2O3/c1-5-16-9(14)7-6-8(11(2,3)4)13-10(15)12-7/h6H,5H2,1-4H3,(H,12,13,15). The zero-order valence-corrected chi connectivity index (χ0v) is 9.96. The number of H-pyrrole nitrogens is 1. The van der Waals surface area contributed by atoms with E-state index in [4.69, 9.17) is 4.74 Å². The number of aromatic nitrogens is 2. The summed E-state index contributed by atoms with van der Waals surface area (Å²) in [4.78, 5) is 28.9. The number of nitrogens with zero attached hydrogens (tertiary/aromatic N) is 1. The van der Waals surface area contributed by atoms with Gasteiger partial charge in [0.2, 0.25) is 0 Å². The number of aromatic amines is 1. The predicted molar refractivity (Wildman–Crippen MR) is 59.5 cm³/mol. The van der Waals surface area contributed by atoms with E-state index in [0.29, 0.717) is 5.69 Å². The minimum Gasteiger partial charge on any atom is -0.461 e. The Kier molecular flexibility index (Phi) is 3.47. The summed E-state index contributed by atoms with van der Waals surface area (Å²) in [5.41, 5.74) is -0.0647. The van der Waals surface area contributed by atoms with Crippen molar-refractivity contribution in [3.05, 3.63) is 27.9 Å². The molecule has 0 saturated heterocycles. The van der Waals surface area contributed by atoms with Gasteiger partial charge < -0.3 is 9.72 Å². The summed E-state index contributed by atoms with van der Waals surface area (Å²) in [5.74, 6) is -0.570. The fourth-order valence-corrected chi connectivity index (χ4v) is 1.17. The van der Waals surface area contributed by atoms with Crippen molar-refractivity contribution in [3.8, 4) is 0 Å². The maximum absolute atomic E-state index is 11.4. The minimum absolute atomic E-state index is 0.0514. The SMILES string of the molecule is CCOC(=O)c1cc(C(C)(C)C)[nH]c(=O)n1. The molecule has 5 nitrogen and oxygen atoms in total. The van der Waals surface area contributed by atoms with E-state index in [1.165, 1.54) is 0 Å². The van der Waals surface area contributed by atoms with Gasteiger partial charge in [0.15, 0.2) is 5.69 Å². The van der Waals surface area contributed by atoms with Gasteiger partial charge in [0.25, 0.3) is 0 Å². The van der Waals surface area contributed by atoms with Crippen LogP contribution < -0.4 is 5.69 Å². The van der Waals surface area contributed by atoms with Gasteiger partial charge in [0, 0.05) is 11.1 Å². The molecule has 0 saturated carbocycles. The second-order valence-corrected chi connectivity index (χ2v) is 4.46. The van der Waals surface area contributed by atoms with Crippen molar-refractivity contribution in [2.24, 2.45) is 0 Å². The molecule has 88 valence electrons. The summed E-state index contributed by atoms with van der Waals surface area (Å²) in [6.45, 7) is 7.78. The predicted octanol–water partition coefficient (Wildman–Crippen LogP) is 1.24. The molecule has 0 amide bonds. The van der Waals surface area contributed by atoms with Crippen molar-refractivity contribution in [3.63, 3.8) is 0 Å². The van der Waals surface area contributed by atoms with Crippen LogP contribution in [0.25, 0.3) is 0 Å². The Morgan fingerprint density at radius 1 is 1.50 bits per heavy atom. The topological polar surface area (TPSA) is 72.1 Å².